The van der Waals surface area contributed by atoms with Crippen LogP contribution in [0.2, 0.25) is 0 Å². The van der Waals surface area contributed by atoms with Gasteiger partial charge in [-0.15, -0.1) is 10.2 Å². The number of carbonyl (C=O) groups is 1. The third-order valence-electron chi connectivity index (χ3n) is 6.40. The fraction of sp³-hybridized carbons (Fsp3) is 0.152. The first kappa shape index (κ1) is 28.6. The third kappa shape index (κ3) is 7.24. The van der Waals surface area contributed by atoms with E-state index in [1.165, 1.54) is 11.8 Å². The Kier molecular flexibility index (Phi) is 9.30. The number of hydrogen-bond donors (Lipinski definition) is 1. The van der Waals surface area contributed by atoms with Crippen LogP contribution in [0.1, 0.15) is 22.3 Å². The molecule has 5 aromatic rings. The molecule has 0 aliphatic heterocycles. The van der Waals surface area contributed by atoms with E-state index in [1.54, 1.807) is 13.3 Å². The van der Waals surface area contributed by atoms with Gasteiger partial charge in [0.05, 0.1) is 19.1 Å². The molecule has 0 atom stereocenters. The summed E-state index contributed by atoms with van der Waals surface area (Å²) in [5, 5.41) is 13.6. The van der Waals surface area contributed by atoms with Crippen molar-refractivity contribution in [3.8, 4) is 28.6 Å². The summed E-state index contributed by atoms with van der Waals surface area (Å²) in [7, 11) is 1.60. The standard InChI is InChI=1S/C33H31N5O3S/c1-23-9-14-27(15-10-23)32-36-37-33(38(32)28-16-11-24(2)12-17-28)42-22-31(39)35-34-20-26-13-18-29(40-3)30(19-26)41-21-25-7-5-4-6-8-25/h4-20H,21-22H2,1-3H3,(H,35,39)/b34-20-. The van der Waals surface area contributed by atoms with Gasteiger partial charge in [0.2, 0.25) is 0 Å². The maximum absolute atomic E-state index is 12.7. The molecule has 0 aliphatic rings. The topological polar surface area (TPSA) is 90.6 Å². The van der Waals surface area contributed by atoms with Gasteiger partial charge in [0.15, 0.2) is 22.5 Å². The van der Waals surface area contributed by atoms with Crippen LogP contribution < -0.4 is 14.9 Å². The predicted molar refractivity (Wildman–Crippen MR) is 166 cm³/mol. The minimum atomic E-state index is -0.263. The quantitative estimate of drug-likeness (QED) is 0.111. The van der Waals surface area contributed by atoms with E-state index in [4.69, 9.17) is 9.47 Å². The molecule has 0 fully saturated rings. The number of thioether (sulfide) groups is 1. The van der Waals surface area contributed by atoms with Gasteiger partial charge < -0.3 is 9.47 Å². The van der Waals surface area contributed by atoms with E-state index in [2.05, 4.69) is 20.7 Å². The van der Waals surface area contributed by atoms with Crippen LogP contribution in [0.15, 0.2) is 107 Å². The average molecular weight is 578 g/mol. The summed E-state index contributed by atoms with van der Waals surface area (Å²) in [6.07, 6.45) is 1.57. The van der Waals surface area contributed by atoms with Gasteiger partial charge in [-0.25, -0.2) is 5.43 Å². The van der Waals surface area contributed by atoms with Crippen LogP contribution in [-0.4, -0.2) is 39.7 Å². The molecule has 9 heteroatoms. The number of nitrogens with zero attached hydrogens (tertiary/aromatic N) is 4. The van der Waals surface area contributed by atoms with Crippen LogP contribution in [-0.2, 0) is 11.4 Å². The molecular formula is C33H31N5O3S. The normalized spacial score (nSPS) is 11.0. The molecule has 1 heterocycles. The summed E-state index contributed by atoms with van der Waals surface area (Å²) in [4.78, 5) is 12.7. The maximum Gasteiger partial charge on any atom is 0.250 e. The van der Waals surface area contributed by atoms with Gasteiger partial charge in [-0.3, -0.25) is 9.36 Å². The zero-order valence-corrected chi connectivity index (χ0v) is 24.5. The monoisotopic (exact) mass is 577 g/mol. The number of ether oxygens (including phenoxy) is 2. The van der Waals surface area contributed by atoms with Gasteiger partial charge >= 0.3 is 0 Å². The first-order chi connectivity index (χ1) is 20.5. The van der Waals surface area contributed by atoms with Gasteiger partial charge in [-0.1, -0.05) is 89.6 Å². The molecule has 1 amide bonds. The molecule has 0 aliphatic carbocycles. The highest BCUT2D eigenvalue weighted by Crippen LogP contribution is 2.29. The van der Waals surface area contributed by atoms with Crippen molar-refractivity contribution in [2.75, 3.05) is 12.9 Å². The predicted octanol–water partition coefficient (Wildman–Crippen LogP) is 6.38. The molecule has 42 heavy (non-hydrogen) atoms. The lowest BCUT2D eigenvalue weighted by atomic mass is 10.1. The van der Waals surface area contributed by atoms with Crippen molar-refractivity contribution < 1.29 is 14.3 Å². The van der Waals surface area contributed by atoms with Crippen LogP contribution in [0.4, 0.5) is 0 Å². The molecule has 0 spiro atoms. The first-order valence-electron chi connectivity index (χ1n) is 13.4. The van der Waals surface area contributed by atoms with Crippen molar-refractivity contribution >= 4 is 23.9 Å². The number of hydrogen-bond acceptors (Lipinski definition) is 7. The first-order valence-corrected chi connectivity index (χ1v) is 14.4. The molecule has 4 aromatic carbocycles. The highest BCUT2D eigenvalue weighted by Gasteiger charge is 2.17. The average Bonchev–Trinajstić information content (AvgIpc) is 3.44. The van der Waals surface area contributed by atoms with Crippen molar-refractivity contribution in [2.45, 2.75) is 25.6 Å². The van der Waals surface area contributed by atoms with E-state index in [1.807, 2.05) is 115 Å². The number of methoxy groups -OCH3 is 1. The Bertz CT molecular complexity index is 1670. The highest BCUT2D eigenvalue weighted by molar-refractivity contribution is 7.99. The van der Waals surface area contributed by atoms with Gasteiger partial charge in [-0.05, 0) is 55.3 Å². The molecule has 1 aromatic heterocycles. The second-order valence-corrected chi connectivity index (χ2v) is 10.6. The lowest BCUT2D eigenvalue weighted by molar-refractivity contribution is -0.118. The van der Waals surface area contributed by atoms with Crippen molar-refractivity contribution in [3.63, 3.8) is 0 Å². The van der Waals surface area contributed by atoms with E-state index in [-0.39, 0.29) is 11.7 Å². The van der Waals surface area contributed by atoms with Gasteiger partial charge in [0.25, 0.3) is 5.91 Å². The zero-order valence-electron chi connectivity index (χ0n) is 23.7. The molecule has 0 saturated carbocycles. The lowest BCUT2D eigenvalue weighted by Crippen LogP contribution is -2.20. The Morgan fingerprint density at radius 3 is 2.33 bits per heavy atom. The molecular weight excluding hydrogens is 546 g/mol. The van der Waals surface area contributed by atoms with Crippen LogP contribution >= 0.6 is 11.8 Å². The van der Waals surface area contributed by atoms with E-state index in [0.717, 1.165) is 33.5 Å². The minimum absolute atomic E-state index is 0.114. The highest BCUT2D eigenvalue weighted by atomic mass is 32.2. The van der Waals surface area contributed by atoms with E-state index in [9.17, 15) is 4.79 Å². The molecule has 8 nitrogen and oxygen atoms in total. The molecule has 0 bridgehead atoms. The van der Waals surface area contributed by atoms with Crippen LogP contribution in [0, 0.1) is 13.8 Å². The number of nitrogens with one attached hydrogen (secondary N) is 1. The second kappa shape index (κ2) is 13.6. The fourth-order valence-electron chi connectivity index (χ4n) is 4.14. The Morgan fingerprint density at radius 2 is 1.62 bits per heavy atom. The largest absolute Gasteiger partial charge is 0.493 e. The molecule has 5 rings (SSSR count). The molecule has 1 N–H and O–H groups in total. The summed E-state index contributed by atoms with van der Waals surface area (Å²) in [6, 6.07) is 31.6. The Balaban J connectivity index is 1.24. The summed E-state index contributed by atoms with van der Waals surface area (Å²) in [5.41, 5.74) is 8.59. The van der Waals surface area contributed by atoms with Crippen LogP contribution in [0.3, 0.4) is 0 Å². The maximum atomic E-state index is 12.7. The fourth-order valence-corrected chi connectivity index (χ4v) is 4.89. The lowest BCUT2D eigenvalue weighted by Gasteiger charge is -2.11. The van der Waals surface area contributed by atoms with Gasteiger partial charge in [0.1, 0.15) is 6.61 Å². The molecule has 0 unspecified atom stereocenters. The number of hydrazone groups is 1. The summed E-state index contributed by atoms with van der Waals surface area (Å²) >= 11 is 1.30. The van der Waals surface area contributed by atoms with Crippen LogP contribution in [0.5, 0.6) is 11.5 Å². The van der Waals surface area contributed by atoms with Crippen molar-refractivity contribution in [2.24, 2.45) is 5.10 Å². The van der Waals surface area contributed by atoms with E-state index in [0.29, 0.717) is 29.1 Å². The van der Waals surface area contributed by atoms with Gasteiger partial charge in [0, 0.05) is 11.3 Å². The van der Waals surface area contributed by atoms with E-state index >= 15 is 0 Å². The SMILES string of the molecule is COc1ccc(/C=N\NC(=O)CSc2nnc(-c3ccc(C)cc3)n2-c2ccc(C)cc2)cc1OCc1ccccc1. The number of amides is 1. The van der Waals surface area contributed by atoms with Crippen molar-refractivity contribution in [1.82, 2.24) is 20.2 Å². The number of benzene rings is 4. The van der Waals surface area contributed by atoms with Crippen molar-refractivity contribution in [3.05, 3.63) is 119 Å². The minimum Gasteiger partial charge on any atom is -0.493 e. The second-order valence-electron chi connectivity index (χ2n) is 9.61. The van der Waals surface area contributed by atoms with Crippen molar-refractivity contribution in [1.29, 1.82) is 0 Å². The summed E-state index contributed by atoms with van der Waals surface area (Å²) in [6.45, 7) is 4.50. The summed E-state index contributed by atoms with van der Waals surface area (Å²) in [5.74, 6) is 1.77. The Hall–Kier alpha value is -4.89. The number of rotatable bonds is 11. The third-order valence-corrected chi connectivity index (χ3v) is 7.32. The molecule has 0 radical (unpaired) electrons. The zero-order chi connectivity index (χ0) is 29.3. The van der Waals surface area contributed by atoms with E-state index < -0.39 is 0 Å². The smallest absolute Gasteiger partial charge is 0.250 e. The Morgan fingerprint density at radius 1 is 0.905 bits per heavy atom. The number of aryl methyl sites for hydroxylation is 2. The molecule has 212 valence electrons. The summed E-state index contributed by atoms with van der Waals surface area (Å²) < 4.78 is 13.4. The number of aromatic nitrogens is 3. The Labute approximate surface area is 249 Å². The molecule has 0 saturated heterocycles. The van der Waals surface area contributed by atoms with Crippen LogP contribution in [0.25, 0.3) is 17.1 Å². The van der Waals surface area contributed by atoms with Gasteiger partial charge in [-0.2, -0.15) is 5.10 Å². The number of carbonyl (C=O) groups excluding carboxylic acids is 1.